The average Bonchev–Trinajstić information content (AvgIpc) is 2.60. The van der Waals surface area contributed by atoms with E-state index >= 15 is 0 Å². The lowest BCUT2D eigenvalue weighted by molar-refractivity contribution is -0.390. The number of ether oxygens (including phenoxy) is 1. The summed E-state index contributed by atoms with van der Waals surface area (Å²) in [5.74, 6) is -0.973. The number of carbonyl (C=O) groups excluding carboxylic acids is 2. The first-order chi connectivity index (χ1) is 12.6. The first-order valence-corrected chi connectivity index (χ1v) is 8.27. The monoisotopic (exact) mass is 371 g/mol. The SMILES string of the molecule is Cc1ccc(OCC(=O)c2ccc(NC(=O)C(C)(C)C)cc2)c([N+](=O)[O-])n1. The van der Waals surface area contributed by atoms with Crippen molar-refractivity contribution in [1.82, 2.24) is 4.98 Å². The van der Waals surface area contributed by atoms with Crippen molar-refractivity contribution in [2.75, 3.05) is 11.9 Å². The number of benzene rings is 1. The Labute approximate surface area is 156 Å². The van der Waals surface area contributed by atoms with Gasteiger partial charge in [-0.25, -0.2) is 0 Å². The second kappa shape index (κ2) is 7.94. The summed E-state index contributed by atoms with van der Waals surface area (Å²) in [6.07, 6.45) is 0. The number of anilines is 1. The third kappa shape index (κ3) is 5.34. The number of ketones is 1. The quantitative estimate of drug-likeness (QED) is 0.472. The van der Waals surface area contributed by atoms with Gasteiger partial charge < -0.3 is 20.2 Å². The normalized spacial score (nSPS) is 11.0. The van der Waals surface area contributed by atoms with Crippen LogP contribution in [0.4, 0.5) is 11.5 Å². The van der Waals surface area contributed by atoms with Gasteiger partial charge in [0.1, 0.15) is 5.69 Å². The van der Waals surface area contributed by atoms with Crippen molar-refractivity contribution in [3.63, 3.8) is 0 Å². The lowest BCUT2D eigenvalue weighted by Crippen LogP contribution is -2.27. The molecule has 1 aromatic heterocycles. The summed E-state index contributed by atoms with van der Waals surface area (Å²) in [4.78, 5) is 38.4. The molecule has 27 heavy (non-hydrogen) atoms. The van der Waals surface area contributed by atoms with Crippen molar-refractivity contribution in [2.24, 2.45) is 5.41 Å². The maximum atomic E-state index is 12.3. The van der Waals surface area contributed by atoms with Crippen LogP contribution in [0, 0.1) is 22.5 Å². The molecule has 2 aromatic rings. The molecule has 8 nitrogen and oxygen atoms in total. The molecule has 8 heteroatoms. The Hall–Kier alpha value is -3.29. The molecule has 0 aliphatic carbocycles. The standard InChI is InChI=1S/C19H21N3O5/c1-12-5-10-16(17(20-12)22(25)26)27-11-15(23)13-6-8-14(9-7-13)21-18(24)19(2,3)4/h5-10H,11H2,1-4H3,(H,21,24). The van der Waals surface area contributed by atoms with Gasteiger partial charge in [-0.3, -0.25) is 9.59 Å². The highest BCUT2D eigenvalue weighted by atomic mass is 16.6. The molecular weight excluding hydrogens is 350 g/mol. The molecule has 0 fully saturated rings. The number of aryl methyl sites for hydroxylation is 1. The number of hydrogen-bond donors (Lipinski definition) is 1. The van der Waals surface area contributed by atoms with Gasteiger partial charge in [0.2, 0.25) is 11.7 Å². The third-order valence-electron chi connectivity index (χ3n) is 3.66. The molecule has 1 heterocycles. The van der Waals surface area contributed by atoms with Crippen molar-refractivity contribution >= 4 is 23.2 Å². The molecule has 0 spiro atoms. The summed E-state index contributed by atoms with van der Waals surface area (Å²) in [6.45, 7) is 6.67. The highest BCUT2D eigenvalue weighted by molar-refractivity contribution is 5.98. The van der Waals surface area contributed by atoms with Gasteiger partial charge in [0, 0.05) is 23.6 Å². The summed E-state index contributed by atoms with van der Waals surface area (Å²) in [5, 5.41) is 13.8. The number of nitro groups is 1. The number of amides is 1. The molecule has 0 saturated heterocycles. The zero-order valence-corrected chi connectivity index (χ0v) is 15.6. The van der Waals surface area contributed by atoms with Crippen LogP contribution < -0.4 is 10.1 Å². The molecule has 0 aliphatic heterocycles. The fourth-order valence-electron chi connectivity index (χ4n) is 2.06. The van der Waals surface area contributed by atoms with E-state index in [1.165, 1.54) is 6.07 Å². The summed E-state index contributed by atoms with van der Waals surface area (Å²) in [5.41, 5.74) is 0.893. The van der Waals surface area contributed by atoms with Gasteiger partial charge in [0.05, 0.1) is 0 Å². The van der Waals surface area contributed by atoms with E-state index in [9.17, 15) is 19.7 Å². The summed E-state index contributed by atoms with van der Waals surface area (Å²) < 4.78 is 5.29. The van der Waals surface area contributed by atoms with E-state index in [0.29, 0.717) is 16.9 Å². The Morgan fingerprint density at radius 1 is 1.15 bits per heavy atom. The minimum Gasteiger partial charge on any atom is -0.477 e. The molecule has 142 valence electrons. The summed E-state index contributed by atoms with van der Waals surface area (Å²) in [7, 11) is 0. The highest BCUT2D eigenvalue weighted by Crippen LogP contribution is 2.24. The fraction of sp³-hybridized carbons (Fsp3) is 0.316. The summed E-state index contributed by atoms with van der Waals surface area (Å²) >= 11 is 0. The molecular formula is C19H21N3O5. The van der Waals surface area contributed by atoms with E-state index in [1.807, 2.05) is 0 Å². The lowest BCUT2D eigenvalue weighted by atomic mass is 9.95. The van der Waals surface area contributed by atoms with Crippen LogP contribution in [0.2, 0.25) is 0 Å². The van der Waals surface area contributed by atoms with Crippen LogP contribution in [0.5, 0.6) is 5.75 Å². The zero-order valence-electron chi connectivity index (χ0n) is 15.6. The van der Waals surface area contributed by atoms with Gasteiger partial charge >= 0.3 is 5.82 Å². The number of Topliss-reactive ketones (excluding diaryl/α,β-unsaturated/α-hetero) is 1. The molecule has 0 unspecified atom stereocenters. The van der Waals surface area contributed by atoms with E-state index in [4.69, 9.17) is 4.74 Å². The van der Waals surface area contributed by atoms with E-state index < -0.39 is 16.2 Å². The number of nitrogens with zero attached hydrogens (tertiary/aromatic N) is 2. The third-order valence-corrected chi connectivity index (χ3v) is 3.66. The van der Waals surface area contributed by atoms with Gasteiger partial charge in [-0.2, -0.15) is 0 Å². The highest BCUT2D eigenvalue weighted by Gasteiger charge is 2.21. The first-order valence-electron chi connectivity index (χ1n) is 8.27. The number of hydrogen-bond acceptors (Lipinski definition) is 6. The van der Waals surface area contributed by atoms with Crippen molar-refractivity contribution in [3.8, 4) is 5.75 Å². The van der Waals surface area contributed by atoms with Crippen LogP contribution in [0.1, 0.15) is 36.8 Å². The van der Waals surface area contributed by atoms with Crippen LogP contribution in [0.15, 0.2) is 36.4 Å². The fourth-order valence-corrected chi connectivity index (χ4v) is 2.06. The van der Waals surface area contributed by atoms with Gasteiger partial charge in [-0.15, -0.1) is 0 Å². The lowest BCUT2D eigenvalue weighted by Gasteiger charge is -2.17. The second-order valence-corrected chi connectivity index (χ2v) is 7.02. The van der Waals surface area contributed by atoms with Gasteiger partial charge in [-0.1, -0.05) is 20.8 Å². The van der Waals surface area contributed by atoms with Crippen molar-refractivity contribution in [2.45, 2.75) is 27.7 Å². The van der Waals surface area contributed by atoms with E-state index in [1.54, 1.807) is 58.0 Å². The minimum absolute atomic E-state index is 0.0620. The van der Waals surface area contributed by atoms with E-state index in [2.05, 4.69) is 10.3 Å². The van der Waals surface area contributed by atoms with Gasteiger partial charge in [-0.05, 0) is 46.3 Å². The van der Waals surface area contributed by atoms with E-state index in [-0.39, 0.29) is 24.0 Å². The van der Waals surface area contributed by atoms with Crippen LogP contribution in [0.3, 0.4) is 0 Å². The predicted molar refractivity (Wildman–Crippen MR) is 100.0 cm³/mol. The van der Waals surface area contributed by atoms with Crippen LogP contribution in [-0.2, 0) is 4.79 Å². The zero-order chi connectivity index (χ0) is 20.2. The number of carbonyl (C=O) groups is 2. The Morgan fingerprint density at radius 2 is 1.78 bits per heavy atom. The Morgan fingerprint density at radius 3 is 2.33 bits per heavy atom. The number of rotatable bonds is 6. The number of pyridine rings is 1. The molecule has 2 rings (SSSR count). The second-order valence-electron chi connectivity index (χ2n) is 7.02. The Balaban J connectivity index is 2.03. The molecule has 1 aromatic carbocycles. The van der Waals surface area contributed by atoms with E-state index in [0.717, 1.165) is 0 Å². The molecule has 0 aliphatic rings. The average molecular weight is 371 g/mol. The van der Waals surface area contributed by atoms with Crippen LogP contribution in [0.25, 0.3) is 0 Å². The van der Waals surface area contributed by atoms with Gasteiger partial charge in [0.25, 0.3) is 0 Å². The Kier molecular flexibility index (Phi) is 5.89. The maximum Gasteiger partial charge on any atom is 0.406 e. The topological polar surface area (TPSA) is 111 Å². The minimum atomic E-state index is -0.653. The van der Waals surface area contributed by atoms with Crippen molar-refractivity contribution in [3.05, 3.63) is 57.8 Å². The Bertz CT molecular complexity index is 870. The van der Waals surface area contributed by atoms with Crippen LogP contribution in [-0.4, -0.2) is 28.2 Å². The summed E-state index contributed by atoms with van der Waals surface area (Å²) in [6, 6.07) is 9.34. The van der Waals surface area contributed by atoms with Gasteiger partial charge in [0.15, 0.2) is 12.4 Å². The maximum absolute atomic E-state index is 12.3. The molecule has 0 bridgehead atoms. The largest absolute Gasteiger partial charge is 0.477 e. The number of nitrogens with one attached hydrogen (secondary N) is 1. The van der Waals surface area contributed by atoms with Crippen molar-refractivity contribution < 1.29 is 19.2 Å². The molecule has 1 amide bonds. The molecule has 0 atom stereocenters. The van der Waals surface area contributed by atoms with Crippen molar-refractivity contribution in [1.29, 1.82) is 0 Å². The number of aromatic nitrogens is 1. The molecule has 0 saturated carbocycles. The first kappa shape index (κ1) is 20.0. The van der Waals surface area contributed by atoms with Crippen LogP contribution >= 0.6 is 0 Å². The molecule has 0 radical (unpaired) electrons. The predicted octanol–water partition coefficient (Wildman–Crippen LogP) is 3.54. The smallest absolute Gasteiger partial charge is 0.406 e. The molecule has 1 N–H and O–H groups in total.